The van der Waals surface area contributed by atoms with Crippen molar-refractivity contribution in [1.82, 2.24) is 5.32 Å². The Morgan fingerprint density at radius 1 is 1.33 bits per heavy atom. The molecule has 2 atom stereocenters. The van der Waals surface area contributed by atoms with Gasteiger partial charge in [0.1, 0.15) is 0 Å². The predicted molar refractivity (Wildman–Crippen MR) is 79.5 cm³/mol. The van der Waals surface area contributed by atoms with E-state index in [1.54, 1.807) is 5.56 Å². The van der Waals surface area contributed by atoms with Crippen LogP contribution in [-0.4, -0.2) is 25.7 Å². The molecule has 1 aliphatic rings. The lowest BCUT2D eigenvalue weighted by molar-refractivity contribution is 0.499. The number of fused-ring (bicyclic) bond motifs is 1. The first-order valence-corrected chi connectivity index (χ1v) is 7.07. The molecule has 0 amide bonds. The van der Waals surface area contributed by atoms with Gasteiger partial charge in [0.2, 0.25) is 0 Å². The smallest absolute Gasteiger partial charge is 0.0405 e. The first kappa shape index (κ1) is 13.4. The molecular formula is C16H26N2. The molecular weight excluding hydrogens is 220 g/mol. The van der Waals surface area contributed by atoms with Crippen molar-refractivity contribution < 1.29 is 0 Å². The summed E-state index contributed by atoms with van der Waals surface area (Å²) in [4.78, 5) is 2.54. The van der Waals surface area contributed by atoms with E-state index in [1.807, 2.05) is 0 Å². The summed E-state index contributed by atoms with van der Waals surface area (Å²) >= 11 is 0. The maximum absolute atomic E-state index is 3.36. The van der Waals surface area contributed by atoms with Crippen LogP contribution in [0.2, 0.25) is 0 Å². The van der Waals surface area contributed by atoms with E-state index in [9.17, 15) is 0 Å². The molecule has 1 aromatic rings. The van der Waals surface area contributed by atoms with Gasteiger partial charge in [0.15, 0.2) is 0 Å². The molecule has 1 heterocycles. The van der Waals surface area contributed by atoms with Crippen LogP contribution in [0.3, 0.4) is 0 Å². The van der Waals surface area contributed by atoms with Gasteiger partial charge < -0.3 is 10.2 Å². The fourth-order valence-electron chi connectivity index (χ4n) is 2.93. The van der Waals surface area contributed by atoms with Gasteiger partial charge in [0.25, 0.3) is 0 Å². The summed E-state index contributed by atoms with van der Waals surface area (Å²) in [5.74, 6) is 0.671. The van der Waals surface area contributed by atoms with Gasteiger partial charge in [-0.2, -0.15) is 0 Å². The minimum atomic E-state index is 0.579. The van der Waals surface area contributed by atoms with Gasteiger partial charge in [-0.1, -0.05) is 17.7 Å². The van der Waals surface area contributed by atoms with Crippen molar-refractivity contribution in [2.75, 3.05) is 18.5 Å². The highest BCUT2D eigenvalue weighted by atomic mass is 15.2. The predicted octanol–water partition coefficient (Wildman–Crippen LogP) is 3.31. The van der Waals surface area contributed by atoms with Gasteiger partial charge in [-0.25, -0.2) is 0 Å². The molecule has 1 aliphatic heterocycles. The van der Waals surface area contributed by atoms with Crippen LogP contribution in [0.1, 0.15) is 44.2 Å². The fourth-order valence-corrected chi connectivity index (χ4v) is 2.93. The molecule has 1 aromatic carbocycles. The van der Waals surface area contributed by atoms with Crippen LogP contribution in [0.25, 0.3) is 0 Å². The van der Waals surface area contributed by atoms with Crippen LogP contribution < -0.4 is 10.2 Å². The van der Waals surface area contributed by atoms with E-state index >= 15 is 0 Å². The zero-order chi connectivity index (χ0) is 13.3. The largest absolute Gasteiger partial charge is 0.368 e. The summed E-state index contributed by atoms with van der Waals surface area (Å²) in [7, 11) is 2.05. The zero-order valence-corrected chi connectivity index (χ0v) is 12.3. The number of anilines is 1. The molecule has 2 heteroatoms. The molecule has 0 radical (unpaired) electrons. The van der Waals surface area contributed by atoms with E-state index in [4.69, 9.17) is 0 Å². The summed E-state index contributed by atoms with van der Waals surface area (Å²) in [6, 6.07) is 8.08. The SMILES string of the molecule is CNC(C)CC1CN(C(C)C)c2ccc(C)cc21. The lowest BCUT2D eigenvalue weighted by Gasteiger charge is -2.25. The molecule has 18 heavy (non-hydrogen) atoms. The Hall–Kier alpha value is -1.02. The average Bonchev–Trinajstić information content (AvgIpc) is 2.67. The Labute approximate surface area is 111 Å². The third kappa shape index (κ3) is 2.54. The summed E-state index contributed by atoms with van der Waals surface area (Å²) in [6.07, 6.45) is 1.22. The Morgan fingerprint density at radius 2 is 2.06 bits per heavy atom. The first-order chi connectivity index (χ1) is 8.52. The molecule has 100 valence electrons. The normalized spacial score (nSPS) is 20.3. The number of benzene rings is 1. The van der Waals surface area contributed by atoms with E-state index in [0.717, 1.165) is 0 Å². The van der Waals surface area contributed by atoms with E-state index in [2.05, 4.69) is 63.2 Å². The highest BCUT2D eigenvalue weighted by Crippen LogP contribution is 2.40. The minimum absolute atomic E-state index is 0.579. The summed E-state index contributed by atoms with van der Waals surface area (Å²) in [6.45, 7) is 10.2. The molecule has 0 fully saturated rings. The van der Waals surface area contributed by atoms with E-state index in [-0.39, 0.29) is 0 Å². The molecule has 2 unspecified atom stereocenters. The molecule has 0 spiro atoms. The fraction of sp³-hybridized carbons (Fsp3) is 0.625. The van der Waals surface area contributed by atoms with Gasteiger partial charge in [-0.15, -0.1) is 0 Å². The van der Waals surface area contributed by atoms with Gasteiger partial charge in [0.05, 0.1) is 0 Å². The third-order valence-corrected chi connectivity index (χ3v) is 4.10. The molecule has 1 N–H and O–H groups in total. The lowest BCUT2D eigenvalue weighted by Crippen LogP contribution is -2.31. The highest BCUT2D eigenvalue weighted by molar-refractivity contribution is 5.61. The number of hydrogen-bond donors (Lipinski definition) is 1. The molecule has 0 saturated carbocycles. The van der Waals surface area contributed by atoms with Crippen molar-refractivity contribution in [2.45, 2.75) is 52.1 Å². The van der Waals surface area contributed by atoms with Crippen LogP contribution in [0.5, 0.6) is 0 Å². The van der Waals surface area contributed by atoms with Crippen LogP contribution in [-0.2, 0) is 0 Å². The monoisotopic (exact) mass is 246 g/mol. The van der Waals surface area contributed by atoms with Crippen molar-refractivity contribution in [3.05, 3.63) is 29.3 Å². The summed E-state index contributed by atoms with van der Waals surface area (Å²) in [5.41, 5.74) is 4.37. The van der Waals surface area contributed by atoms with Crippen LogP contribution >= 0.6 is 0 Å². The number of hydrogen-bond acceptors (Lipinski definition) is 2. The van der Waals surface area contributed by atoms with E-state index in [1.165, 1.54) is 24.2 Å². The topological polar surface area (TPSA) is 15.3 Å². The second-order valence-corrected chi connectivity index (χ2v) is 5.93. The van der Waals surface area contributed by atoms with Gasteiger partial charge in [-0.3, -0.25) is 0 Å². The quantitative estimate of drug-likeness (QED) is 0.877. The van der Waals surface area contributed by atoms with Crippen molar-refractivity contribution in [3.63, 3.8) is 0 Å². The zero-order valence-electron chi connectivity index (χ0n) is 12.3. The summed E-state index contributed by atoms with van der Waals surface area (Å²) in [5, 5.41) is 3.36. The Morgan fingerprint density at radius 3 is 2.67 bits per heavy atom. The van der Waals surface area contributed by atoms with Crippen LogP contribution in [0, 0.1) is 6.92 Å². The molecule has 0 aliphatic carbocycles. The summed E-state index contributed by atoms with van der Waals surface area (Å²) < 4.78 is 0. The van der Waals surface area contributed by atoms with Crippen molar-refractivity contribution in [3.8, 4) is 0 Å². The van der Waals surface area contributed by atoms with Gasteiger partial charge >= 0.3 is 0 Å². The molecule has 0 bridgehead atoms. The van der Waals surface area contributed by atoms with Crippen LogP contribution in [0.4, 0.5) is 5.69 Å². The lowest BCUT2D eigenvalue weighted by atomic mass is 9.93. The van der Waals surface area contributed by atoms with Crippen molar-refractivity contribution in [2.24, 2.45) is 0 Å². The molecule has 0 aromatic heterocycles. The second kappa shape index (κ2) is 5.31. The number of nitrogens with one attached hydrogen (secondary N) is 1. The van der Waals surface area contributed by atoms with E-state index in [0.29, 0.717) is 18.0 Å². The first-order valence-electron chi connectivity index (χ1n) is 7.07. The van der Waals surface area contributed by atoms with Gasteiger partial charge in [0, 0.05) is 30.2 Å². The number of rotatable bonds is 4. The molecule has 0 saturated heterocycles. The highest BCUT2D eigenvalue weighted by Gasteiger charge is 2.30. The third-order valence-electron chi connectivity index (χ3n) is 4.10. The maximum Gasteiger partial charge on any atom is 0.0405 e. The van der Waals surface area contributed by atoms with Gasteiger partial charge in [-0.05, 0) is 52.8 Å². The van der Waals surface area contributed by atoms with E-state index < -0.39 is 0 Å². The Bertz CT molecular complexity index is 412. The van der Waals surface area contributed by atoms with Crippen LogP contribution in [0.15, 0.2) is 18.2 Å². The minimum Gasteiger partial charge on any atom is -0.368 e. The van der Waals surface area contributed by atoms with Crippen molar-refractivity contribution in [1.29, 1.82) is 0 Å². The Balaban J connectivity index is 2.29. The Kier molecular flexibility index (Phi) is 3.96. The number of aryl methyl sites for hydroxylation is 1. The van der Waals surface area contributed by atoms with Crippen molar-refractivity contribution >= 4 is 5.69 Å². The standard InChI is InChI=1S/C16H26N2/c1-11(2)18-10-14(9-13(4)17-5)15-8-12(3)6-7-16(15)18/h6-8,11,13-14,17H,9-10H2,1-5H3. The molecule has 2 rings (SSSR count). The second-order valence-electron chi connectivity index (χ2n) is 5.93. The maximum atomic E-state index is 3.36. The molecule has 2 nitrogen and oxygen atoms in total. The average molecular weight is 246 g/mol. The number of nitrogens with zero attached hydrogens (tertiary/aromatic N) is 1.